The smallest absolute Gasteiger partial charge is 0.313 e. The molecule has 21 heavy (non-hydrogen) atoms. The van der Waals surface area contributed by atoms with E-state index in [4.69, 9.17) is 0 Å². The normalized spacial score (nSPS) is 25.0. The van der Waals surface area contributed by atoms with Crippen molar-refractivity contribution in [3.05, 3.63) is 16.6 Å². The largest absolute Gasteiger partial charge is 0.391 e. The molecule has 1 N–H and O–H groups in total. The number of hydrogen-bond acceptors (Lipinski definition) is 3. The summed E-state index contributed by atoms with van der Waals surface area (Å²) in [6, 6.07) is 0.255. The van der Waals surface area contributed by atoms with Crippen LogP contribution >= 0.6 is 11.3 Å². The van der Waals surface area contributed by atoms with Gasteiger partial charge in [-0.3, -0.25) is 0 Å². The van der Waals surface area contributed by atoms with Crippen LogP contribution in [0.25, 0.3) is 0 Å². The van der Waals surface area contributed by atoms with E-state index in [2.05, 4.69) is 17.2 Å². The van der Waals surface area contributed by atoms with Gasteiger partial charge in [-0.2, -0.15) is 13.2 Å². The third-order valence-corrected chi connectivity index (χ3v) is 5.14. The lowest BCUT2D eigenvalue weighted by Crippen LogP contribution is -2.41. The first-order valence-electron chi connectivity index (χ1n) is 7.69. The van der Waals surface area contributed by atoms with Gasteiger partial charge in [-0.25, -0.2) is 4.98 Å². The molecule has 1 aromatic heterocycles. The van der Waals surface area contributed by atoms with Crippen LogP contribution in [-0.4, -0.2) is 23.7 Å². The van der Waals surface area contributed by atoms with E-state index in [0.29, 0.717) is 18.8 Å². The zero-order valence-electron chi connectivity index (χ0n) is 12.3. The molecule has 1 fully saturated rings. The molecule has 2 rings (SSSR count). The van der Waals surface area contributed by atoms with E-state index in [1.165, 1.54) is 0 Å². The number of aromatic nitrogens is 1. The molecule has 2 nitrogen and oxygen atoms in total. The van der Waals surface area contributed by atoms with Crippen molar-refractivity contribution in [2.24, 2.45) is 11.8 Å². The summed E-state index contributed by atoms with van der Waals surface area (Å²) >= 11 is 1.62. The highest BCUT2D eigenvalue weighted by Gasteiger charge is 2.42. The molecule has 0 spiro atoms. The number of alkyl halides is 3. The first-order valence-corrected chi connectivity index (χ1v) is 8.57. The highest BCUT2D eigenvalue weighted by atomic mass is 32.1. The van der Waals surface area contributed by atoms with Gasteiger partial charge in [-0.15, -0.1) is 11.3 Å². The summed E-state index contributed by atoms with van der Waals surface area (Å²) in [5.41, 5.74) is 0. The Morgan fingerprint density at radius 1 is 1.33 bits per heavy atom. The molecule has 0 saturated heterocycles. The first-order chi connectivity index (χ1) is 10.0. The number of nitrogens with zero attached hydrogens (tertiary/aromatic N) is 1. The van der Waals surface area contributed by atoms with Crippen molar-refractivity contribution < 1.29 is 13.2 Å². The van der Waals surface area contributed by atoms with Crippen molar-refractivity contribution in [2.75, 3.05) is 6.54 Å². The van der Waals surface area contributed by atoms with Gasteiger partial charge in [0, 0.05) is 24.0 Å². The predicted octanol–water partition coefficient (Wildman–Crippen LogP) is 4.42. The van der Waals surface area contributed by atoms with Crippen LogP contribution < -0.4 is 5.32 Å². The average molecular weight is 320 g/mol. The van der Waals surface area contributed by atoms with Gasteiger partial charge >= 0.3 is 6.18 Å². The first kappa shape index (κ1) is 16.7. The molecule has 1 atom stereocenters. The lowest BCUT2D eigenvalue weighted by atomic mass is 9.77. The van der Waals surface area contributed by atoms with Crippen molar-refractivity contribution in [3.63, 3.8) is 0 Å². The fourth-order valence-corrected chi connectivity index (χ4v) is 3.80. The van der Waals surface area contributed by atoms with Crippen LogP contribution in [0.2, 0.25) is 0 Å². The molecule has 1 saturated carbocycles. The van der Waals surface area contributed by atoms with Gasteiger partial charge in [0.25, 0.3) is 0 Å². The zero-order valence-corrected chi connectivity index (χ0v) is 13.1. The maximum atomic E-state index is 12.8. The fourth-order valence-electron chi connectivity index (χ4n) is 3.13. The molecule has 1 unspecified atom stereocenters. The molecule has 0 aromatic carbocycles. The van der Waals surface area contributed by atoms with Crippen LogP contribution in [0.15, 0.2) is 11.6 Å². The van der Waals surface area contributed by atoms with E-state index in [1.807, 2.05) is 5.38 Å². The second kappa shape index (κ2) is 7.58. The maximum absolute atomic E-state index is 12.8. The SMILES string of the molecule is CCCNC(Cc1nccs1)C1CCC(C(F)(F)F)CC1. The monoisotopic (exact) mass is 320 g/mol. The molecule has 0 aliphatic heterocycles. The van der Waals surface area contributed by atoms with Gasteiger partial charge in [-0.1, -0.05) is 6.92 Å². The van der Waals surface area contributed by atoms with Crippen molar-refractivity contribution in [1.29, 1.82) is 0 Å². The molecule has 0 radical (unpaired) electrons. The second-order valence-electron chi connectivity index (χ2n) is 5.84. The van der Waals surface area contributed by atoms with Crippen molar-refractivity contribution in [2.45, 2.75) is 57.7 Å². The van der Waals surface area contributed by atoms with Crippen molar-refractivity contribution in [3.8, 4) is 0 Å². The number of hydrogen-bond donors (Lipinski definition) is 1. The molecule has 1 heterocycles. The Morgan fingerprint density at radius 3 is 2.57 bits per heavy atom. The molecule has 0 bridgehead atoms. The summed E-state index contributed by atoms with van der Waals surface area (Å²) in [7, 11) is 0. The minimum Gasteiger partial charge on any atom is -0.313 e. The lowest BCUT2D eigenvalue weighted by molar-refractivity contribution is -0.184. The third kappa shape index (κ3) is 4.95. The van der Waals surface area contributed by atoms with Gasteiger partial charge < -0.3 is 5.32 Å². The fraction of sp³-hybridized carbons (Fsp3) is 0.800. The summed E-state index contributed by atoms with van der Waals surface area (Å²) in [4.78, 5) is 4.31. The van der Waals surface area contributed by atoms with Gasteiger partial charge in [0.05, 0.1) is 10.9 Å². The molecule has 1 aliphatic rings. The van der Waals surface area contributed by atoms with Crippen LogP contribution in [0.4, 0.5) is 13.2 Å². The summed E-state index contributed by atoms with van der Waals surface area (Å²) in [5.74, 6) is -0.764. The third-order valence-electron chi connectivity index (χ3n) is 4.34. The van der Waals surface area contributed by atoms with Crippen molar-refractivity contribution in [1.82, 2.24) is 10.3 Å². The number of halogens is 3. The summed E-state index contributed by atoms with van der Waals surface area (Å²) in [6.07, 6.45) is 1.51. The van der Waals surface area contributed by atoms with Gasteiger partial charge in [0.1, 0.15) is 0 Å². The summed E-state index contributed by atoms with van der Waals surface area (Å²) < 4.78 is 38.3. The second-order valence-corrected chi connectivity index (χ2v) is 6.82. The van der Waals surface area contributed by atoms with E-state index in [9.17, 15) is 13.2 Å². The van der Waals surface area contributed by atoms with Crippen LogP contribution in [-0.2, 0) is 6.42 Å². The molecule has 1 aliphatic carbocycles. The van der Waals surface area contributed by atoms with E-state index >= 15 is 0 Å². The minimum atomic E-state index is -4.02. The van der Waals surface area contributed by atoms with E-state index in [0.717, 1.165) is 24.4 Å². The van der Waals surface area contributed by atoms with E-state index < -0.39 is 12.1 Å². The molecular weight excluding hydrogens is 297 g/mol. The highest BCUT2D eigenvalue weighted by molar-refractivity contribution is 7.09. The minimum absolute atomic E-state index is 0.255. The Balaban J connectivity index is 1.92. The molecular formula is C15H23F3N2S. The predicted molar refractivity (Wildman–Crippen MR) is 79.4 cm³/mol. The van der Waals surface area contributed by atoms with Crippen LogP contribution in [0, 0.1) is 11.8 Å². The topological polar surface area (TPSA) is 24.9 Å². The Morgan fingerprint density at radius 2 is 2.05 bits per heavy atom. The summed E-state index contributed by atoms with van der Waals surface area (Å²) in [6.45, 7) is 3.02. The van der Waals surface area contributed by atoms with Gasteiger partial charge in [0.2, 0.25) is 0 Å². The maximum Gasteiger partial charge on any atom is 0.391 e. The zero-order chi connectivity index (χ0) is 15.3. The number of nitrogens with one attached hydrogen (secondary N) is 1. The van der Waals surface area contributed by atoms with Gasteiger partial charge in [0.15, 0.2) is 0 Å². The van der Waals surface area contributed by atoms with Crippen LogP contribution in [0.5, 0.6) is 0 Å². The molecule has 1 aromatic rings. The average Bonchev–Trinajstić information content (AvgIpc) is 2.95. The Hall–Kier alpha value is -0.620. The summed E-state index contributed by atoms with van der Waals surface area (Å²) in [5, 5.41) is 6.54. The highest BCUT2D eigenvalue weighted by Crippen LogP contribution is 2.40. The standard InChI is InChI=1S/C15H23F3N2S/c1-2-7-19-13(10-14-20-8-9-21-14)11-3-5-12(6-4-11)15(16,17)18/h8-9,11-13,19H,2-7,10H2,1H3. The van der Waals surface area contributed by atoms with Crippen molar-refractivity contribution >= 4 is 11.3 Å². The van der Waals surface area contributed by atoms with Gasteiger partial charge in [-0.05, 0) is 44.6 Å². The Kier molecular flexibility index (Phi) is 6.05. The quantitative estimate of drug-likeness (QED) is 0.839. The molecule has 0 amide bonds. The Labute approximate surface area is 128 Å². The molecule has 6 heteroatoms. The van der Waals surface area contributed by atoms with Crippen LogP contribution in [0.1, 0.15) is 44.0 Å². The number of thiazole rings is 1. The Bertz CT molecular complexity index is 398. The molecule has 120 valence electrons. The number of rotatable bonds is 6. The lowest BCUT2D eigenvalue weighted by Gasteiger charge is -2.35. The van der Waals surface area contributed by atoms with E-state index in [-0.39, 0.29) is 18.9 Å². The van der Waals surface area contributed by atoms with Crippen LogP contribution in [0.3, 0.4) is 0 Å². The van der Waals surface area contributed by atoms with E-state index in [1.54, 1.807) is 17.5 Å².